The molecule has 0 radical (unpaired) electrons. The summed E-state index contributed by atoms with van der Waals surface area (Å²) in [5.41, 5.74) is -0.421. The number of hydrogen-bond donors (Lipinski definition) is 3. The topological polar surface area (TPSA) is 119 Å². The number of carboxylic acids is 1. The number of carboxylic acid groups (broad SMARTS) is 1. The van der Waals surface area contributed by atoms with E-state index in [0.29, 0.717) is 5.75 Å². The number of para-hydroxylation sites is 1. The first-order valence-corrected chi connectivity index (χ1v) is 8.90. The summed E-state index contributed by atoms with van der Waals surface area (Å²) in [4.78, 5) is 10.9. The number of primary sulfonamides is 1. The molecule has 0 aromatic heterocycles. The molecule has 4 N–H and O–H groups in total. The molecule has 0 aliphatic heterocycles. The van der Waals surface area contributed by atoms with E-state index in [0.717, 1.165) is 6.07 Å². The van der Waals surface area contributed by atoms with Gasteiger partial charge in [-0.05, 0) is 31.2 Å². The van der Waals surface area contributed by atoms with Gasteiger partial charge in [0.25, 0.3) is 0 Å². The van der Waals surface area contributed by atoms with Gasteiger partial charge in [0.1, 0.15) is 10.6 Å². The Bertz CT molecular complexity index is 893. The fraction of sp³-hybridized carbons (Fsp3) is 0.118. The Kier molecular flexibility index (Phi) is 5.79. The lowest BCUT2D eigenvalue weighted by Gasteiger charge is -2.17. The highest BCUT2D eigenvalue weighted by Crippen LogP contribution is 2.37. The largest absolute Gasteiger partial charge is 0.478 e. The molecule has 0 saturated carbocycles. The monoisotopic (exact) mass is 362 g/mol. The third-order valence-corrected chi connectivity index (χ3v) is 4.23. The van der Waals surface area contributed by atoms with Crippen LogP contribution >= 0.6 is 0 Å². The molecule has 0 saturated heterocycles. The van der Waals surface area contributed by atoms with Crippen molar-refractivity contribution in [1.82, 2.24) is 0 Å². The molecule has 0 fully saturated rings. The van der Waals surface area contributed by atoms with Crippen molar-refractivity contribution in [3.63, 3.8) is 0 Å². The number of aromatic carboxylic acids is 1. The Morgan fingerprint density at radius 2 is 1.92 bits per heavy atom. The van der Waals surface area contributed by atoms with E-state index in [2.05, 4.69) is 5.32 Å². The molecular formula is C17H18N2O5S. The van der Waals surface area contributed by atoms with Crippen molar-refractivity contribution in [1.29, 1.82) is 0 Å². The third-order valence-electron chi connectivity index (χ3n) is 3.24. The van der Waals surface area contributed by atoms with Crippen molar-refractivity contribution in [3.8, 4) is 11.5 Å². The first-order chi connectivity index (χ1) is 11.8. The number of carbonyl (C=O) groups is 1. The summed E-state index contributed by atoms with van der Waals surface area (Å²) in [6.07, 6.45) is 3.51. The van der Waals surface area contributed by atoms with Crippen LogP contribution in [0.1, 0.15) is 17.3 Å². The number of rotatable bonds is 7. The molecular weight excluding hydrogens is 344 g/mol. The maximum atomic E-state index is 12.0. The van der Waals surface area contributed by atoms with Crippen LogP contribution in [0.25, 0.3) is 0 Å². The average Bonchev–Trinajstić information content (AvgIpc) is 2.55. The van der Waals surface area contributed by atoms with E-state index in [1.54, 1.807) is 49.4 Å². The summed E-state index contributed by atoms with van der Waals surface area (Å²) in [5.74, 6) is -0.769. The SMILES string of the molecule is CC=CCNc1c(Oc2ccccc2)ccc(C(=O)O)c1S(N)(=O)=O. The number of hydrogen-bond acceptors (Lipinski definition) is 5. The summed E-state index contributed by atoms with van der Waals surface area (Å²) >= 11 is 0. The van der Waals surface area contributed by atoms with Gasteiger partial charge in [0, 0.05) is 6.54 Å². The van der Waals surface area contributed by atoms with Crippen LogP contribution in [-0.4, -0.2) is 26.0 Å². The van der Waals surface area contributed by atoms with Crippen LogP contribution in [0, 0.1) is 0 Å². The van der Waals surface area contributed by atoms with Gasteiger partial charge >= 0.3 is 5.97 Å². The van der Waals surface area contributed by atoms with Crippen molar-refractivity contribution >= 4 is 21.7 Å². The lowest BCUT2D eigenvalue weighted by Crippen LogP contribution is -2.20. The maximum absolute atomic E-state index is 12.0. The van der Waals surface area contributed by atoms with Gasteiger partial charge in [-0.1, -0.05) is 30.4 Å². The number of anilines is 1. The van der Waals surface area contributed by atoms with E-state index >= 15 is 0 Å². The maximum Gasteiger partial charge on any atom is 0.337 e. The minimum absolute atomic E-state index is 0.00403. The molecule has 0 spiro atoms. The normalized spacial score (nSPS) is 11.4. The van der Waals surface area contributed by atoms with E-state index < -0.39 is 26.5 Å². The molecule has 2 aromatic carbocycles. The lowest BCUT2D eigenvalue weighted by molar-refractivity contribution is 0.0692. The van der Waals surface area contributed by atoms with Crippen molar-refractivity contribution in [2.24, 2.45) is 5.14 Å². The van der Waals surface area contributed by atoms with Crippen molar-refractivity contribution < 1.29 is 23.1 Å². The van der Waals surface area contributed by atoms with Gasteiger partial charge in [0.05, 0.1) is 11.3 Å². The summed E-state index contributed by atoms with van der Waals surface area (Å²) in [7, 11) is -4.31. The summed E-state index contributed by atoms with van der Waals surface area (Å²) in [6.45, 7) is 2.07. The van der Waals surface area contributed by atoms with Crippen molar-refractivity contribution in [2.75, 3.05) is 11.9 Å². The molecule has 8 heteroatoms. The zero-order valence-corrected chi connectivity index (χ0v) is 14.3. The van der Waals surface area contributed by atoms with Crippen LogP contribution in [0.5, 0.6) is 11.5 Å². The van der Waals surface area contributed by atoms with E-state index in [-0.39, 0.29) is 18.0 Å². The van der Waals surface area contributed by atoms with Crippen molar-refractivity contribution in [2.45, 2.75) is 11.8 Å². The van der Waals surface area contributed by atoms with Crippen LogP contribution in [-0.2, 0) is 10.0 Å². The van der Waals surface area contributed by atoms with Crippen LogP contribution in [0.3, 0.4) is 0 Å². The zero-order chi connectivity index (χ0) is 18.4. The van der Waals surface area contributed by atoms with Crippen LogP contribution in [0.4, 0.5) is 5.69 Å². The average molecular weight is 362 g/mol. The number of allylic oxidation sites excluding steroid dienone is 1. The Morgan fingerprint density at radius 3 is 2.48 bits per heavy atom. The minimum atomic E-state index is -4.31. The van der Waals surface area contributed by atoms with Gasteiger partial charge in [-0.2, -0.15) is 0 Å². The van der Waals surface area contributed by atoms with Crippen LogP contribution in [0.2, 0.25) is 0 Å². The van der Waals surface area contributed by atoms with Gasteiger partial charge in [0.15, 0.2) is 5.75 Å². The first-order valence-electron chi connectivity index (χ1n) is 7.35. The van der Waals surface area contributed by atoms with Crippen LogP contribution < -0.4 is 15.2 Å². The van der Waals surface area contributed by atoms with Gasteiger partial charge in [-0.25, -0.2) is 18.4 Å². The fourth-order valence-electron chi connectivity index (χ4n) is 2.18. The van der Waals surface area contributed by atoms with Gasteiger partial charge in [-0.3, -0.25) is 0 Å². The summed E-state index contributed by atoms with van der Waals surface area (Å²) in [6, 6.07) is 11.3. The molecule has 0 amide bonds. The molecule has 0 atom stereocenters. The molecule has 0 bridgehead atoms. The standard InChI is InChI=1S/C17H18N2O5S/c1-2-3-11-19-15-14(24-12-7-5-4-6-8-12)10-9-13(17(20)21)16(15)25(18,22)23/h2-10,19H,11H2,1H3,(H,20,21)(H2,18,22,23). The van der Waals surface area contributed by atoms with Gasteiger partial charge in [0.2, 0.25) is 10.0 Å². The minimum Gasteiger partial charge on any atom is -0.478 e. The molecule has 25 heavy (non-hydrogen) atoms. The summed E-state index contributed by atoms with van der Waals surface area (Å²) < 4.78 is 29.7. The van der Waals surface area contributed by atoms with Crippen molar-refractivity contribution in [3.05, 3.63) is 60.2 Å². The highest BCUT2D eigenvalue weighted by Gasteiger charge is 2.26. The Morgan fingerprint density at radius 1 is 1.24 bits per heavy atom. The predicted octanol–water partition coefficient (Wildman–Crippen LogP) is 2.81. The molecule has 0 unspecified atom stereocenters. The fourth-order valence-corrected chi connectivity index (χ4v) is 3.09. The second-order valence-electron chi connectivity index (χ2n) is 5.03. The first kappa shape index (κ1) is 18.5. The van der Waals surface area contributed by atoms with Crippen LogP contribution in [0.15, 0.2) is 59.5 Å². The molecule has 132 valence electrons. The molecule has 2 aromatic rings. The highest BCUT2D eigenvalue weighted by atomic mass is 32.2. The zero-order valence-electron chi connectivity index (χ0n) is 13.5. The van der Waals surface area contributed by atoms with E-state index in [1.807, 2.05) is 0 Å². The number of nitrogens with two attached hydrogens (primary N) is 1. The smallest absolute Gasteiger partial charge is 0.337 e. The number of nitrogens with one attached hydrogen (secondary N) is 1. The Hall–Kier alpha value is -2.84. The highest BCUT2D eigenvalue weighted by molar-refractivity contribution is 7.89. The molecule has 2 rings (SSSR count). The summed E-state index contributed by atoms with van der Waals surface area (Å²) in [5, 5.41) is 17.4. The quantitative estimate of drug-likeness (QED) is 0.652. The molecule has 7 nitrogen and oxygen atoms in total. The Balaban J connectivity index is 2.63. The Labute approximate surface area is 145 Å². The lowest BCUT2D eigenvalue weighted by atomic mass is 10.1. The molecule has 0 heterocycles. The second-order valence-corrected chi connectivity index (χ2v) is 6.53. The number of benzene rings is 2. The third kappa shape index (κ3) is 4.59. The van der Waals surface area contributed by atoms with E-state index in [9.17, 15) is 18.3 Å². The number of ether oxygens (including phenoxy) is 1. The molecule has 0 aliphatic carbocycles. The predicted molar refractivity (Wildman–Crippen MR) is 94.6 cm³/mol. The van der Waals surface area contributed by atoms with Gasteiger partial charge in [-0.15, -0.1) is 0 Å². The number of sulfonamides is 1. The van der Waals surface area contributed by atoms with Gasteiger partial charge < -0.3 is 15.2 Å². The van der Waals surface area contributed by atoms with E-state index in [1.165, 1.54) is 6.07 Å². The van der Waals surface area contributed by atoms with E-state index in [4.69, 9.17) is 9.88 Å². The second kappa shape index (κ2) is 7.82. The molecule has 0 aliphatic rings.